The highest BCUT2D eigenvalue weighted by Gasteiger charge is 2.35. The van der Waals surface area contributed by atoms with Gasteiger partial charge in [-0.25, -0.2) is 18.2 Å². The topological polar surface area (TPSA) is 191 Å². The van der Waals surface area contributed by atoms with Gasteiger partial charge in [0.2, 0.25) is 15.9 Å². The van der Waals surface area contributed by atoms with Gasteiger partial charge in [0.05, 0.1) is 40.5 Å². The van der Waals surface area contributed by atoms with E-state index in [0.717, 1.165) is 41.9 Å². The van der Waals surface area contributed by atoms with Gasteiger partial charge in [-0.1, -0.05) is 80.7 Å². The molecule has 13 nitrogen and oxygen atoms in total. The van der Waals surface area contributed by atoms with Crippen LogP contribution in [0.15, 0.2) is 70.0 Å². The number of thiazole rings is 1. The van der Waals surface area contributed by atoms with Gasteiger partial charge in [0.15, 0.2) is 0 Å². The Morgan fingerprint density at radius 3 is 2.44 bits per heavy atom. The summed E-state index contributed by atoms with van der Waals surface area (Å²) in [6, 6.07) is 13.1. The van der Waals surface area contributed by atoms with Crippen LogP contribution in [0.3, 0.4) is 0 Å². The van der Waals surface area contributed by atoms with Gasteiger partial charge in [-0.2, -0.15) is 4.31 Å². The summed E-state index contributed by atoms with van der Waals surface area (Å²) in [5.74, 6) is -0.579. The van der Waals surface area contributed by atoms with Gasteiger partial charge in [-0.15, -0.1) is 11.3 Å². The average molecular weight is 756 g/mol. The van der Waals surface area contributed by atoms with E-state index in [-0.39, 0.29) is 42.8 Å². The van der Waals surface area contributed by atoms with Crippen LogP contribution < -0.4 is 16.4 Å². The van der Waals surface area contributed by atoms with Crippen LogP contribution in [0.4, 0.5) is 4.79 Å². The molecule has 4 atom stereocenters. The SMILES string of the molecule is CC[C@H](C)[C@H](NC(=O)N(C)Cc1csc(CCN)n1)C(=O)N[C@@H](Cc1ccccc1)[C@H](O)CN(CC1CCCC1)S(=O)(=O)c1ccc(/C=N/O)cc1. The summed E-state index contributed by atoms with van der Waals surface area (Å²) in [5.41, 5.74) is 7.76. The summed E-state index contributed by atoms with van der Waals surface area (Å²) in [4.78, 5) is 33.5. The van der Waals surface area contributed by atoms with Crippen molar-refractivity contribution in [1.82, 2.24) is 24.8 Å². The molecule has 3 aromatic rings. The summed E-state index contributed by atoms with van der Waals surface area (Å²) in [7, 11) is -2.42. The van der Waals surface area contributed by atoms with Crippen molar-refractivity contribution in [3.8, 4) is 0 Å². The van der Waals surface area contributed by atoms with E-state index in [1.54, 1.807) is 19.2 Å². The number of aliphatic hydroxyl groups excluding tert-OH is 1. The molecule has 1 aromatic heterocycles. The molecule has 0 saturated heterocycles. The Balaban J connectivity index is 1.56. The second-order valence-corrected chi connectivity index (χ2v) is 16.5. The minimum absolute atomic E-state index is 0.0494. The summed E-state index contributed by atoms with van der Waals surface area (Å²) >= 11 is 1.49. The Morgan fingerprint density at radius 2 is 1.81 bits per heavy atom. The fraction of sp³-hybridized carbons (Fsp3) is 0.514. The third kappa shape index (κ3) is 11.6. The first-order valence-corrected chi connectivity index (χ1v) is 20.2. The first-order valence-electron chi connectivity index (χ1n) is 17.9. The number of rotatable bonds is 19. The monoisotopic (exact) mass is 755 g/mol. The summed E-state index contributed by atoms with van der Waals surface area (Å²) in [5, 5.41) is 32.4. The number of carbonyl (C=O) groups excluding carboxylic acids is 2. The Bertz CT molecular complexity index is 1700. The number of nitrogens with one attached hydrogen (secondary N) is 2. The molecule has 0 spiro atoms. The number of nitrogens with zero attached hydrogens (tertiary/aromatic N) is 4. The minimum atomic E-state index is -4.06. The molecular weight excluding hydrogens is 703 g/mol. The highest BCUT2D eigenvalue weighted by molar-refractivity contribution is 7.89. The van der Waals surface area contributed by atoms with E-state index in [0.29, 0.717) is 24.9 Å². The summed E-state index contributed by atoms with van der Waals surface area (Å²) in [6.07, 6.45) is 5.21. The standard InChI is InChI=1S/C37H53N7O6S2/c1-4-26(2)35(42-37(47)43(3)23-30-25-51-34(40-30)18-19-38)36(46)41-32(20-27-10-6-5-7-11-27)33(45)24-44(22-29-12-8-9-13-29)52(49,50)31-16-14-28(15-17-31)21-39-48/h5-7,10-11,14-17,21,25-26,29,32-33,35,45,48H,4,8-9,12-13,18-20,22-24,38H2,1-3H3,(H,41,46)(H,42,47)/b39-21+/t26-,32-,33+,35-/m0/s1. The molecule has 15 heteroatoms. The number of urea groups is 1. The van der Waals surface area contributed by atoms with Gasteiger partial charge in [0.1, 0.15) is 6.04 Å². The van der Waals surface area contributed by atoms with E-state index in [1.807, 2.05) is 49.6 Å². The fourth-order valence-corrected chi connectivity index (χ4v) is 8.71. The maximum Gasteiger partial charge on any atom is 0.318 e. The van der Waals surface area contributed by atoms with Gasteiger partial charge < -0.3 is 31.6 Å². The van der Waals surface area contributed by atoms with Crippen molar-refractivity contribution in [2.45, 2.75) is 88.4 Å². The molecule has 4 rings (SSSR count). The van der Waals surface area contributed by atoms with Crippen LogP contribution in [0.5, 0.6) is 0 Å². The van der Waals surface area contributed by atoms with Crippen LogP contribution >= 0.6 is 11.3 Å². The second kappa shape index (κ2) is 19.8. The van der Waals surface area contributed by atoms with Crippen LogP contribution in [0, 0.1) is 11.8 Å². The van der Waals surface area contributed by atoms with E-state index in [4.69, 9.17) is 10.9 Å². The number of hydrogen-bond donors (Lipinski definition) is 5. The van der Waals surface area contributed by atoms with Crippen molar-refractivity contribution in [3.63, 3.8) is 0 Å². The average Bonchev–Trinajstić information content (AvgIpc) is 3.82. The molecule has 0 unspecified atom stereocenters. The molecule has 284 valence electrons. The number of amides is 3. The second-order valence-electron chi connectivity index (χ2n) is 13.6. The third-order valence-corrected chi connectivity index (χ3v) is 12.4. The van der Waals surface area contributed by atoms with Crippen LogP contribution in [0.1, 0.15) is 67.8 Å². The predicted molar refractivity (Wildman–Crippen MR) is 203 cm³/mol. The molecule has 1 saturated carbocycles. The molecule has 2 aromatic carbocycles. The van der Waals surface area contributed by atoms with Gasteiger partial charge >= 0.3 is 6.03 Å². The highest BCUT2D eigenvalue weighted by Crippen LogP contribution is 2.28. The zero-order chi connectivity index (χ0) is 37.7. The lowest BCUT2D eigenvalue weighted by atomic mass is 9.96. The number of aliphatic hydroxyl groups is 1. The maximum atomic E-state index is 14.1. The van der Waals surface area contributed by atoms with Crippen molar-refractivity contribution in [2.24, 2.45) is 22.7 Å². The Kier molecular flexibility index (Phi) is 15.6. The number of aromatic nitrogens is 1. The molecule has 1 fully saturated rings. The molecule has 6 N–H and O–H groups in total. The van der Waals surface area contributed by atoms with E-state index < -0.39 is 40.1 Å². The number of oxime groups is 1. The molecule has 3 amide bonds. The molecule has 52 heavy (non-hydrogen) atoms. The lowest BCUT2D eigenvalue weighted by molar-refractivity contribution is -0.125. The molecule has 1 heterocycles. The van der Waals surface area contributed by atoms with Crippen LogP contribution in [0.2, 0.25) is 0 Å². The number of hydrogen-bond acceptors (Lipinski definition) is 10. The van der Waals surface area contributed by atoms with Crippen LogP contribution in [-0.2, 0) is 34.2 Å². The van der Waals surface area contributed by atoms with Crippen molar-refractivity contribution < 1.29 is 28.3 Å². The van der Waals surface area contributed by atoms with Gasteiger partial charge in [0.25, 0.3) is 0 Å². The molecule has 0 aliphatic heterocycles. The summed E-state index contributed by atoms with van der Waals surface area (Å²) < 4.78 is 29.5. The zero-order valence-corrected chi connectivity index (χ0v) is 31.9. The van der Waals surface area contributed by atoms with Crippen molar-refractivity contribution in [2.75, 3.05) is 26.7 Å². The number of carbonyl (C=O) groups is 2. The Labute approximate surface area is 311 Å². The molecule has 1 aliphatic carbocycles. The van der Waals surface area contributed by atoms with Crippen molar-refractivity contribution in [1.29, 1.82) is 0 Å². The fourth-order valence-electron chi connectivity index (χ4n) is 6.37. The van der Waals surface area contributed by atoms with Crippen molar-refractivity contribution >= 4 is 39.5 Å². The van der Waals surface area contributed by atoms with Crippen LogP contribution in [-0.4, -0.2) is 95.9 Å². The molecule has 1 aliphatic rings. The van der Waals surface area contributed by atoms with E-state index in [9.17, 15) is 23.1 Å². The first-order chi connectivity index (χ1) is 24.9. The summed E-state index contributed by atoms with van der Waals surface area (Å²) in [6.45, 7) is 4.52. The van der Waals surface area contributed by atoms with E-state index in [1.165, 1.54) is 38.9 Å². The van der Waals surface area contributed by atoms with Crippen LogP contribution in [0.25, 0.3) is 0 Å². The first kappa shape index (κ1) is 40.9. The largest absolute Gasteiger partial charge is 0.411 e. The lowest BCUT2D eigenvalue weighted by Gasteiger charge is -2.33. The predicted octanol–water partition coefficient (Wildman–Crippen LogP) is 3.98. The molecule has 0 bridgehead atoms. The van der Waals surface area contributed by atoms with E-state index >= 15 is 0 Å². The molecule has 0 radical (unpaired) electrons. The lowest BCUT2D eigenvalue weighted by Crippen LogP contribution is -2.58. The quantitative estimate of drug-likeness (QED) is 0.0690. The third-order valence-electron chi connectivity index (χ3n) is 9.62. The van der Waals surface area contributed by atoms with Gasteiger partial charge in [-0.05, 0) is 60.9 Å². The highest BCUT2D eigenvalue weighted by atomic mass is 32.2. The number of sulfonamides is 1. The Morgan fingerprint density at radius 1 is 1.12 bits per heavy atom. The van der Waals surface area contributed by atoms with Gasteiger partial charge in [0, 0.05) is 31.9 Å². The number of nitrogens with two attached hydrogens (primary N) is 1. The normalized spacial score (nSPS) is 16.1. The van der Waals surface area contributed by atoms with Gasteiger partial charge in [-0.3, -0.25) is 4.79 Å². The Hall–Kier alpha value is -3.89. The minimum Gasteiger partial charge on any atom is -0.411 e. The smallest absolute Gasteiger partial charge is 0.318 e. The zero-order valence-electron chi connectivity index (χ0n) is 30.2. The molecular formula is C37H53N7O6S2. The van der Waals surface area contributed by atoms with Crippen molar-refractivity contribution in [3.05, 3.63) is 81.8 Å². The maximum absolute atomic E-state index is 14.1. The van der Waals surface area contributed by atoms with E-state index in [2.05, 4.69) is 20.8 Å². The number of benzene rings is 2.